The molecule has 0 aliphatic heterocycles. The lowest BCUT2D eigenvalue weighted by Gasteiger charge is -2.16. The summed E-state index contributed by atoms with van der Waals surface area (Å²) in [6, 6.07) is 13.7. The van der Waals surface area contributed by atoms with Gasteiger partial charge in [0.2, 0.25) is 0 Å². The van der Waals surface area contributed by atoms with Crippen LogP contribution in [0.5, 0.6) is 23.0 Å². The lowest BCUT2D eigenvalue weighted by atomic mass is 10.3. The van der Waals surface area contributed by atoms with E-state index in [2.05, 4.69) is 9.68 Å². The Bertz CT molecular complexity index is 882. The molecule has 0 aliphatic rings. The number of ether oxygens (including phenoxy) is 4. The third-order valence-electron chi connectivity index (χ3n) is 3.81. The number of para-hydroxylation sites is 4. The van der Waals surface area contributed by atoms with Crippen LogP contribution in [0, 0.1) is 20.2 Å². The molecular weight excluding hydrogens is 460 g/mol. The fraction of sp³-hybridized carbons (Fsp3) is 0.400. The molecular formula is C20H26N2O12. The summed E-state index contributed by atoms with van der Waals surface area (Å²) in [7, 11) is 2.98. The number of rotatable bonds is 14. The van der Waals surface area contributed by atoms with Gasteiger partial charge in [0.1, 0.15) is 25.9 Å². The van der Waals surface area contributed by atoms with Crippen molar-refractivity contribution in [1.82, 2.24) is 0 Å². The van der Waals surface area contributed by atoms with Gasteiger partial charge in [-0.1, -0.05) is 24.3 Å². The summed E-state index contributed by atoms with van der Waals surface area (Å²) in [5.74, 6) is 1.91. The third kappa shape index (κ3) is 11.0. The Morgan fingerprint density at radius 2 is 1.26 bits per heavy atom. The van der Waals surface area contributed by atoms with E-state index in [0.717, 1.165) is 0 Å². The van der Waals surface area contributed by atoms with E-state index < -0.39 is 29.0 Å². The second-order valence-electron chi connectivity index (χ2n) is 6.23. The largest absolute Gasteiger partial charge is 0.493 e. The topological polar surface area (TPSA) is 182 Å². The molecule has 2 aromatic rings. The van der Waals surface area contributed by atoms with Crippen molar-refractivity contribution in [3.05, 3.63) is 68.8 Å². The van der Waals surface area contributed by atoms with Crippen molar-refractivity contribution in [2.24, 2.45) is 0 Å². The van der Waals surface area contributed by atoms with Gasteiger partial charge in [-0.2, -0.15) is 0 Å². The maximum Gasteiger partial charge on any atom is 0.294 e. The van der Waals surface area contributed by atoms with Gasteiger partial charge < -0.3 is 38.8 Å². The van der Waals surface area contributed by atoms with Gasteiger partial charge in [0.05, 0.1) is 20.8 Å². The monoisotopic (exact) mass is 486 g/mol. The Morgan fingerprint density at radius 3 is 1.68 bits per heavy atom. The van der Waals surface area contributed by atoms with Crippen LogP contribution in [0.15, 0.2) is 48.5 Å². The molecule has 0 aromatic heterocycles. The summed E-state index contributed by atoms with van der Waals surface area (Å²) in [4.78, 5) is 28.6. The van der Waals surface area contributed by atoms with Crippen molar-refractivity contribution in [2.75, 3.05) is 40.6 Å². The zero-order chi connectivity index (χ0) is 25.3. The van der Waals surface area contributed by atoms with E-state index in [1.165, 1.54) is 7.11 Å². The molecule has 0 saturated heterocycles. The van der Waals surface area contributed by atoms with Gasteiger partial charge in [-0.3, -0.25) is 0 Å². The Kier molecular flexibility index (Phi) is 12.9. The SMILES string of the molecule is COc1ccccc1OCC(CO[N+](=O)[O-])O[N+](=O)[O-].COc1ccccc1OCC(O)CO. The second kappa shape index (κ2) is 15.7. The quantitative estimate of drug-likeness (QED) is 0.289. The van der Waals surface area contributed by atoms with Crippen LogP contribution in [0.1, 0.15) is 0 Å². The molecule has 14 nitrogen and oxygen atoms in total. The van der Waals surface area contributed by atoms with E-state index in [9.17, 15) is 20.2 Å². The van der Waals surface area contributed by atoms with Crippen LogP contribution < -0.4 is 18.9 Å². The highest BCUT2D eigenvalue weighted by Gasteiger charge is 2.17. The van der Waals surface area contributed by atoms with E-state index in [1.807, 2.05) is 12.1 Å². The molecule has 188 valence electrons. The summed E-state index contributed by atoms with van der Waals surface area (Å²) in [5, 5.41) is 35.8. The fourth-order valence-electron chi connectivity index (χ4n) is 2.27. The maximum absolute atomic E-state index is 10.3. The van der Waals surface area contributed by atoms with Crippen LogP contribution in [0.25, 0.3) is 0 Å². The van der Waals surface area contributed by atoms with Gasteiger partial charge in [0.25, 0.3) is 10.2 Å². The normalized spacial score (nSPS) is 11.6. The Balaban J connectivity index is 0.000000362. The van der Waals surface area contributed by atoms with Gasteiger partial charge >= 0.3 is 0 Å². The molecule has 0 amide bonds. The summed E-state index contributed by atoms with van der Waals surface area (Å²) < 4.78 is 20.6. The van der Waals surface area contributed by atoms with Crippen LogP contribution in [0.2, 0.25) is 0 Å². The first kappa shape index (κ1) is 28.0. The first-order valence-corrected chi connectivity index (χ1v) is 9.69. The third-order valence-corrected chi connectivity index (χ3v) is 3.81. The molecule has 2 unspecified atom stereocenters. The minimum Gasteiger partial charge on any atom is -0.493 e. The second-order valence-corrected chi connectivity index (χ2v) is 6.23. The number of aliphatic hydroxyl groups is 2. The molecule has 2 atom stereocenters. The van der Waals surface area contributed by atoms with E-state index in [-0.39, 0.29) is 19.8 Å². The van der Waals surface area contributed by atoms with Gasteiger partial charge in [0.15, 0.2) is 29.1 Å². The molecule has 0 spiro atoms. The molecule has 14 heteroatoms. The number of hydrogen-bond acceptors (Lipinski definition) is 12. The predicted octanol–water partition coefficient (Wildman–Crippen LogP) is 1.29. The van der Waals surface area contributed by atoms with Crippen LogP contribution in [0.3, 0.4) is 0 Å². The molecule has 0 bridgehead atoms. The Labute approximate surface area is 194 Å². The zero-order valence-corrected chi connectivity index (χ0v) is 18.5. The number of aliphatic hydroxyl groups excluding tert-OH is 2. The summed E-state index contributed by atoms with van der Waals surface area (Å²) in [5.41, 5.74) is 0. The van der Waals surface area contributed by atoms with Crippen LogP contribution >= 0.6 is 0 Å². The van der Waals surface area contributed by atoms with Crippen LogP contribution in [-0.2, 0) is 9.68 Å². The molecule has 2 rings (SSSR count). The van der Waals surface area contributed by atoms with E-state index in [0.29, 0.717) is 23.0 Å². The van der Waals surface area contributed by atoms with Gasteiger partial charge in [-0.25, -0.2) is 0 Å². The minimum absolute atomic E-state index is 0.0525. The molecule has 0 saturated carbocycles. The molecule has 2 N–H and O–H groups in total. The van der Waals surface area contributed by atoms with Crippen molar-refractivity contribution in [1.29, 1.82) is 0 Å². The number of nitrogens with zero attached hydrogens (tertiary/aromatic N) is 2. The highest BCUT2D eigenvalue weighted by molar-refractivity contribution is 5.39. The molecule has 0 radical (unpaired) electrons. The van der Waals surface area contributed by atoms with Crippen LogP contribution in [0.4, 0.5) is 0 Å². The molecule has 0 aliphatic carbocycles. The predicted molar refractivity (Wildman–Crippen MR) is 115 cm³/mol. The minimum atomic E-state index is -1.24. The number of hydrogen-bond donors (Lipinski definition) is 2. The van der Waals surface area contributed by atoms with Crippen molar-refractivity contribution in [3.8, 4) is 23.0 Å². The highest BCUT2D eigenvalue weighted by Crippen LogP contribution is 2.26. The Hall–Kier alpha value is -4.04. The number of methoxy groups -OCH3 is 2. The molecule has 2 aromatic carbocycles. The van der Waals surface area contributed by atoms with Crippen molar-refractivity contribution in [3.63, 3.8) is 0 Å². The lowest BCUT2D eigenvalue weighted by Crippen LogP contribution is -2.30. The smallest absolute Gasteiger partial charge is 0.294 e. The summed E-state index contributed by atoms with van der Waals surface area (Å²) in [6.45, 7) is -1.19. The van der Waals surface area contributed by atoms with Gasteiger partial charge in [-0.05, 0) is 24.3 Å². The van der Waals surface area contributed by atoms with E-state index >= 15 is 0 Å². The molecule has 0 fully saturated rings. The first-order valence-electron chi connectivity index (χ1n) is 9.69. The fourth-order valence-corrected chi connectivity index (χ4v) is 2.27. The van der Waals surface area contributed by atoms with E-state index in [1.54, 1.807) is 43.5 Å². The standard InChI is InChI=1S/C10H12N2O8.C10H14O4/c1-17-9-4-2-3-5-10(9)18-6-8(20-12(15)16)7-19-11(13)14;1-13-9-4-2-3-5-10(9)14-7-8(12)6-11/h2-5,8H,6-7H2,1H3;2-5,8,11-12H,6-7H2,1H3. The molecule has 0 heterocycles. The lowest BCUT2D eigenvalue weighted by molar-refractivity contribution is -0.790. The average Bonchev–Trinajstić information content (AvgIpc) is 2.84. The number of benzene rings is 2. The van der Waals surface area contributed by atoms with Gasteiger partial charge in [0, 0.05) is 0 Å². The van der Waals surface area contributed by atoms with Crippen LogP contribution in [-0.4, -0.2) is 73.2 Å². The van der Waals surface area contributed by atoms with Crippen molar-refractivity contribution >= 4 is 0 Å². The van der Waals surface area contributed by atoms with Gasteiger partial charge in [-0.15, -0.1) is 20.2 Å². The summed E-state index contributed by atoms with van der Waals surface area (Å²) in [6.07, 6.45) is -2.10. The zero-order valence-electron chi connectivity index (χ0n) is 18.5. The van der Waals surface area contributed by atoms with Crippen molar-refractivity contribution in [2.45, 2.75) is 12.2 Å². The maximum atomic E-state index is 10.3. The molecule has 34 heavy (non-hydrogen) atoms. The Morgan fingerprint density at radius 1 is 0.794 bits per heavy atom. The van der Waals surface area contributed by atoms with Crippen molar-refractivity contribution < 1.29 is 49.0 Å². The average molecular weight is 486 g/mol. The highest BCUT2D eigenvalue weighted by atomic mass is 17.0. The first-order chi connectivity index (χ1) is 16.3. The summed E-state index contributed by atoms with van der Waals surface area (Å²) >= 11 is 0. The van der Waals surface area contributed by atoms with E-state index in [4.69, 9.17) is 29.2 Å².